The molecular weight excluding hydrogens is 281 g/mol. The van der Waals surface area contributed by atoms with E-state index in [2.05, 4.69) is 41.5 Å². The highest BCUT2D eigenvalue weighted by Gasteiger charge is 2.41. The molecule has 118 valence electrons. The van der Waals surface area contributed by atoms with Gasteiger partial charge in [0.1, 0.15) is 0 Å². The standard InChI is InChI=1S/C9H22OSi.C2HF3O2.H2O/c1-7(2)11(10,8(3)4)9(5)6;3-2(4,5)1(6)7;/h7-10H,1-6H3;(H,6,7);1H2. The lowest BCUT2D eigenvalue weighted by atomic mass is 10.5. The summed E-state index contributed by atoms with van der Waals surface area (Å²) in [5, 5.41) is 7.12. The molecule has 0 rings (SSSR count). The third-order valence-electron chi connectivity index (χ3n) is 3.02. The van der Waals surface area contributed by atoms with Crippen molar-refractivity contribution in [3.63, 3.8) is 0 Å². The lowest BCUT2D eigenvalue weighted by Gasteiger charge is -2.36. The van der Waals surface area contributed by atoms with Crippen molar-refractivity contribution >= 4 is 14.3 Å². The van der Waals surface area contributed by atoms with Crippen LogP contribution in [0.15, 0.2) is 0 Å². The maximum atomic E-state index is 10.6. The molecule has 19 heavy (non-hydrogen) atoms. The summed E-state index contributed by atoms with van der Waals surface area (Å²) in [5.41, 5.74) is 1.42. The molecule has 0 aromatic heterocycles. The van der Waals surface area contributed by atoms with Crippen LogP contribution in [0.3, 0.4) is 0 Å². The Labute approximate surface area is 113 Å². The SMILES string of the molecule is CC(C)[Si](O)(C(C)C)C(C)C.O.O=C(O)C(F)(F)F. The molecule has 0 unspecified atom stereocenters. The minimum absolute atomic E-state index is 0. The number of rotatable bonds is 3. The summed E-state index contributed by atoms with van der Waals surface area (Å²) in [5.74, 6) is -2.76. The Morgan fingerprint density at radius 2 is 1.11 bits per heavy atom. The molecule has 0 saturated heterocycles. The van der Waals surface area contributed by atoms with E-state index in [1.54, 1.807) is 0 Å². The summed E-state index contributed by atoms with van der Waals surface area (Å²) < 4.78 is 31.7. The van der Waals surface area contributed by atoms with Crippen LogP contribution in [0.2, 0.25) is 16.6 Å². The molecule has 0 saturated carbocycles. The summed E-state index contributed by atoms with van der Waals surface area (Å²) >= 11 is 0. The van der Waals surface area contributed by atoms with Gasteiger partial charge in [0.05, 0.1) is 0 Å². The molecule has 0 aliphatic carbocycles. The third kappa shape index (κ3) is 7.53. The Morgan fingerprint density at radius 3 is 1.11 bits per heavy atom. The van der Waals surface area contributed by atoms with Crippen LogP contribution in [0.1, 0.15) is 41.5 Å². The first-order valence-electron chi connectivity index (χ1n) is 5.80. The van der Waals surface area contributed by atoms with E-state index in [4.69, 9.17) is 9.90 Å². The van der Waals surface area contributed by atoms with Crippen molar-refractivity contribution in [2.24, 2.45) is 0 Å². The molecule has 0 radical (unpaired) electrons. The van der Waals surface area contributed by atoms with Gasteiger partial charge >= 0.3 is 12.1 Å². The second-order valence-electron chi connectivity index (χ2n) is 5.15. The van der Waals surface area contributed by atoms with E-state index >= 15 is 0 Å². The van der Waals surface area contributed by atoms with Gasteiger partial charge in [0.15, 0.2) is 8.32 Å². The van der Waals surface area contributed by atoms with E-state index in [0.717, 1.165) is 0 Å². The Bertz CT molecular complexity index is 243. The highest BCUT2D eigenvalue weighted by atomic mass is 28.4. The van der Waals surface area contributed by atoms with Crippen LogP contribution >= 0.6 is 0 Å². The van der Waals surface area contributed by atoms with Crippen molar-refractivity contribution in [2.75, 3.05) is 0 Å². The first kappa shape index (κ1) is 23.5. The van der Waals surface area contributed by atoms with E-state index < -0.39 is 20.5 Å². The average Bonchev–Trinajstić information content (AvgIpc) is 2.14. The lowest BCUT2D eigenvalue weighted by molar-refractivity contribution is -0.192. The number of halogens is 3. The number of carboxylic acid groups (broad SMARTS) is 1. The van der Waals surface area contributed by atoms with E-state index in [-0.39, 0.29) is 5.48 Å². The largest absolute Gasteiger partial charge is 0.490 e. The maximum absolute atomic E-state index is 10.6. The van der Waals surface area contributed by atoms with Gasteiger partial charge in [-0.15, -0.1) is 0 Å². The summed E-state index contributed by atoms with van der Waals surface area (Å²) in [6, 6.07) is 0. The number of aliphatic carboxylic acids is 1. The zero-order chi connectivity index (χ0) is 15.3. The minimum atomic E-state index is -5.08. The number of hydrogen-bond donors (Lipinski definition) is 2. The van der Waals surface area contributed by atoms with Crippen LogP contribution < -0.4 is 0 Å². The van der Waals surface area contributed by atoms with Crippen LogP contribution in [0, 0.1) is 0 Å². The third-order valence-corrected chi connectivity index (χ3v) is 8.57. The highest BCUT2D eigenvalue weighted by molar-refractivity contribution is 6.76. The first-order chi connectivity index (χ1) is 7.77. The maximum Gasteiger partial charge on any atom is 0.490 e. The molecule has 0 amide bonds. The topological polar surface area (TPSA) is 89.0 Å². The van der Waals surface area contributed by atoms with Crippen molar-refractivity contribution < 1.29 is 33.3 Å². The average molecular weight is 306 g/mol. The molecule has 8 heteroatoms. The fourth-order valence-electron chi connectivity index (χ4n) is 2.00. The number of hydrogen-bond acceptors (Lipinski definition) is 2. The van der Waals surface area contributed by atoms with Crippen molar-refractivity contribution in [3.05, 3.63) is 0 Å². The fraction of sp³-hybridized carbons (Fsp3) is 0.909. The monoisotopic (exact) mass is 306 g/mol. The van der Waals surface area contributed by atoms with E-state index in [9.17, 15) is 18.0 Å². The number of alkyl halides is 3. The Kier molecular flexibility index (Phi) is 10.6. The molecule has 0 aromatic rings. The summed E-state index contributed by atoms with van der Waals surface area (Å²) in [6.07, 6.45) is -5.08. The lowest BCUT2D eigenvalue weighted by Crippen LogP contribution is -2.44. The van der Waals surface area contributed by atoms with Crippen molar-refractivity contribution in [2.45, 2.75) is 64.3 Å². The van der Waals surface area contributed by atoms with Gasteiger partial charge in [0.25, 0.3) is 0 Å². The van der Waals surface area contributed by atoms with Gasteiger partial charge < -0.3 is 15.4 Å². The minimum Gasteiger partial charge on any atom is -0.475 e. The highest BCUT2D eigenvalue weighted by Crippen LogP contribution is 2.38. The molecule has 4 N–H and O–H groups in total. The molecular formula is C11H25F3O4Si. The van der Waals surface area contributed by atoms with Gasteiger partial charge in [-0.25, -0.2) is 4.79 Å². The van der Waals surface area contributed by atoms with Crippen molar-refractivity contribution in [1.29, 1.82) is 0 Å². The molecule has 0 aromatic carbocycles. The summed E-state index contributed by atoms with van der Waals surface area (Å²) in [4.78, 5) is 19.3. The zero-order valence-electron chi connectivity index (χ0n) is 12.2. The van der Waals surface area contributed by atoms with E-state index in [1.807, 2.05) is 0 Å². The Morgan fingerprint density at radius 1 is 0.947 bits per heavy atom. The second-order valence-corrected chi connectivity index (χ2v) is 10.4. The first-order valence-corrected chi connectivity index (χ1v) is 7.98. The molecule has 0 spiro atoms. The van der Waals surface area contributed by atoms with Gasteiger partial charge in [0.2, 0.25) is 0 Å². The van der Waals surface area contributed by atoms with Gasteiger partial charge in [-0.3, -0.25) is 0 Å². The molecule has 0 fully saturated rings. The van der Waals surface area contributed by atoms with Crippen molar-refractivity contribution in [3.8, 4) is 0 Å². The zero-order valence-corrected chi connectivity index (χ0v) is 13.2. The summed E-state index contributed by atoms with van der Waals surface area (Å²) in [6.45, 7) is 12.9. The molecule has 0 aliphatic rings. The van der Waals surface area contributed by atoms with Gasteiger partial charge in [0, 0.05) is 0 Å². The Balaban J connectivity index is -0.000000280. The molecule has 0 heterocycles. The van der Waals surface area contributed by atoms with Gasteiger partial charge in [-0.1, -0.05) is 41.5 Å². The Hall–Kier alpha value is -0.603. The van der Waals surface area contributed by atoms with Crippen LogP contribution in [0.5, 0.6) is 0 Å². The van der Waals surface area contributed by atoms with Crippen LogP contribution in [-0.4, -0.2) is 35.8 Å². The van der Waals surface area contributed by atoms with Crippen LogP contribution in [-0.2, 0) is 4.79 Å². The molecule has 0 atom stereocenters. The molecule has 0 aliphatic heterocycles. The predicted octanol–water partition coefficient (Wildman–Crippen LogP) is 2.96. The van der Waals surface area contributed by atoms with Gasteiger partial charge in [-0.2, -0.15) is 13.2 Å². The number of carbonyl (C=O) groups is 1. The van der Waals surface area contributed by atoms with Gasteiger partial charge in [-0.05, 0) is 16.6 Å². The van der Waals surface area contributed by atoms with Crippen LogP contribution in [0.4, 0.5) is 13.2 Å². The molecule has 4 nitrogen and oxygen atoms in total. The second kappa shape index (κ2) is 8.54. The normalized spacial score (nSPS) is 12.1. The predicted molar refractivity (Wildman–Crippen MR) is 70.6 cm³/mol. The van der Waals surface area contributed by atoms with Crippen LogP contribution in [0.25, 0.3) is 0 Å². The van der Waals surface area contributed by atoms with E-state index in [1.165, 1.54) is 0 Å². The quantitative estimate of drug-likeness (QED) is 0.786. The fourth-order valence-corrected chi connectivity index (χ4v) is 6.00. The van der Waals surface area contributed by atoms with E-state index in [0.29, 0.717) is 16.6 Å². The smallest absolute Gasteiger partial charge is 0.475 e. The summed E-state index contributed by atoms with van der Waals surface area (Å²) in [7, 11) is -1.98. The number of carboxylic acids is 1. The van der Waals surface area contributed by atoms with Crippen molar-refractivity contribution in [1.82, 2.24) is 0 Å². The molecule has 0 bridgehead atoms.